The summed E-state index contributed by atoms with van der Waals surface area (Å²) in [7, 11) is 0. The molecule has 0 saturated heterocycles. The van der Waals surface area contributed by atoms with Gasteiger partial charge in [0.1, 0.15) is 4.75 Å². The average Bonchev–Trinajstić information content (AvgIpc) is 2.13. The van der Waals surface area contributed by atoms with E-state index in [-0.39, 0.29) is 5.97 Å². The number of esters is 1. The minimum absolute atomic E-state index is 0.158. The molecule has 14 heavy (non-hydrogen) atoms. The molecular formula is C10H21NO2S. The van der Waals surface area contributed by atoms with Gasteiger partial charge in [0.2, 0.25) is 0 Å². The predicted octanol–water partition coefficient (Wildman–Crippen LogP) is 2.37. The first kappa shape index (κ1) is 13.8. The molecule has 4 heteroatoms. The number of nitrogens with one attached hydrogen (secondary N) is 1. The fourth-order valence-electron chi connectivity index (χ4n) is 0.827. The number of hydrogen-bond acceptors (Lipinski definition) is 4. The van der Waals surface area contributed by atoms with E-state index in [1.807, 2.05) is 20.8 Å². The third-order valence-electron chi connectivity index (χ3n) is 1.73. The summed E-state index contributed by atoms with van der Waals surface area (Å²) in [4.78, 5) is 11.4. The molecule has 0 aliphatic carbocycles. The van der Waals surface area contributed by atoms with Crippen molar-refractivity contribution in [2.45, 2.75) is 45.3 Å². The third-order valence-corrected chi connectivity index (χ3v) is 2.75. The Bertz CT molecular complexity index is 172. The number of carbonyl (C=O) groups excluding carboxylic acids is 1. The summed E-state index contributed by atoms with van der Waals surface area (Å²) in [6, 6.07) is 0. The van der Waals surface area contributed by atoms with Gasteiger partial charge in [-0.05, 0) is 27.2 Å². The zero-order valence-electron chi connectivity index (χ0n) is 9.55. The fourth-order valence-corrected chi connectivity index (χ4v) is 1.58. The van der Waals surface area contributed by atoms with Gasteiger partial charge in [0, 0.05) is 6.54 Å². The van der Waals surface area contributed by atoms with Gasteiger partial charge < -0.3 is 4.74 Å². The van der Waals surface area contributed by atoms with Gasteiger partial charge in [0.05, 0.1) is 6.61 Å². The van der Waals surface area contributed by atoms with E-state index in [0.29, 0.717) is 6.61 Å². The van der Waals surface area contributed by atoms with Crippen molar-refractivity contribution in [3.8, 4) is 0 Å². The summed E-state index contributed by atoms with van der Waals surface area (Å²) >= 11 is 1.44. The van der Waals surface area contributed by atoms with Crippen LogP contribution in [-0.2, 0) is 9.53 Å². The van der Waals surface area contributed by atoms with Crippen molar-refractivity contribution in [2.75, 3.05) is 13.2 Å². The zero-order chi connectivity index (χ0) is 11.0. The van der Waals surface area contributed by atoms with Crippen molar-refractivity contribution in [2.24, 2.45) is 0 Å². The molecule has 0 aromatic carbocycles. The van der Waals surface area contributed by atoms with Crippen molar-refractivity contribution in [1.29, 1.82) is 0 Å². The summed E-state index contributed by atoms with van der Waals surface area (Å²) in [5.74, 6) is -0.158. The van der Waals surface area contributed by atoms with Crippen LogP contribution in [0.5, 0.6) is 0 Å². The molecule has 0 radical (unpaired) electrons. The van der Waals surface area contributed by atoms with Crippen LogP contribution in [0.2, 0.25) is 0 Å². The molecule has 0 aromatic rings. The molecule has 0 fully saturated rings. The second-order valence-electron chi connectivity index (χ2n) is 3.58. The Morgan fingerprint density at radius 2 is 2.07 bits per heavy atom. The topological polar surface area (TPSA) is 38.3 Å². The van der Waals surface area contributed by atoms with Crippen LogP contribution < -0.4 is 4.72 Å². The summed E-state index contributed by atoms with van der Waals surface area (Å²) in [6.07, 6.45) is 2.29. The number of hydrogen-bond donors (Lipinski definition) is 1. The molecule has 0 heterocycles. The molecule has 0 rings (SSSR count). The predicted molar refractivity (Wildman–Crippen MR) is 61.2 cm³/mol. The number of unbranched alkanes of at least 4 members (excludes halogenated alkanes) is 1. The molecule has 0 aliphatic heterocycles. The molecule has 0 amide bonds. The molecule has 0 spiro atoms. The highest BCUT2D eigenvalue weighted by Crippen LogP contribution is 2.22. The molecule has 1 N–H and O–H groups in total. The van der Waals surface area contributed by atoms with Crippen molar-refractivity contribution >= 4 is 17.9 Å². The first-order valence-electron chi connectivity index (χ1n) is 5.12. The lowest BCUT2D eigenvalue weighted by atomic mass is 10.2. The third kappa shape index (κ3) is 5.50. The van der Waals surface area contributed by atoms with Crippen LogP contribution in [0, 0.1) is 0 Å². The fraction of sp³-hybridized carbons (Fsp3) is 0.900. The molecule has 0 bridgehead atoms. The Balaban J connectivity index is 3.76. The van der Waals surface area contributed by atoms with Gasteiger partial charge in [0.25, 0.3) is 0 Å². The summed E-state index contributed by atoms with van der Waals surface area (Å²) in [5, 5.41) is 0. The van der Waals surface area contributed by atoms with Gasteiger partial charge in [-0.15, -0.1) is 0 Å². The SMILES string of the molecule is CCCCNSC(C)(C)C(=O)OCC. The largest absolute Gasteiger partial charge is 0.465 e. The smallest absolute Gasteiger partial charge is 0.322 e. The van der Waals surface area contributed by atoms with Gasteiger partial charge in [0.15, 0.2) is 0 Å². The second-order valence-corrected chi connectivity index (χ2v) is 5.09. The molecule has 0 aliphatic rings. The van der Waals surface area contributed by atoms with Crippen LogP contribution in [-0.4, -0.2) is 23.9 Å². The summed E-state index contributed by atoms with van der Waals surface area (Å²) in [5.41, 5.74) is 0. The maximum atomic E-state index is 11.4. The summed E-state index contributed by atoms with van der Waals surface area (Å²) in [6.45, 7) is 9.08. The Kier molecular flexibility index (Phi) is 7.01. The first-order chi connectivity index (χ1) is 6.54. The molecule has 0 atom stereocenters. The van der Waals surface area contributed by atoms with Gasteiger partial charge in [-0.1, -0.05) is 25.3 Å². The van der Waals surface area contributed by atoms with E-state index in [4.69, 9.17) is 4.74 Å². The van der Waals surface area contributed by atoms with E-state index in [1.165, 1.54) is 11.9 Å². The van der Waals surface area contributed by atoms with Crippen LogP contribution >= 0.6 is 11.9 Å². The van der Waals surface area contributed by atoms with E-state index in [9.17, 15) is 4.79 Å². The lowest BCUT2D eigenvalue weighted by molar-refractivity contribution is -0.145. The average molecular weight is 219 g/mol. The molecule has 84 valence electrons. The lowest BCUT2D eigenvalue weighted by Crippen LogP contribution is -2.33. The van der Waals surface area contributed by atoms with Gasteiger partial charge in [-0.3, -0.25) is 9.52 Å². The van der Waals surface area contributed by atoms with E-state index in [0.717, 1.165) is 19.4 Å². The van der Waals surface area contributed by atoms with Crippen molar-refractivity contribution < 1.29 is 9.53 Å². The van der Waals surface area contributed by atoms with Crippen LogP contribution in [0.25, 0.3) is 0 Å². The maximum Gasteiger partial charge on any atom is 0.322 e. The van der Waals surface area contributed by atoms with Crippen molar-refractivity contribution in [3.63, 3.8) is 0 Å². The van der Waals surface area contributed by atoms with Crippen LogP contribution in [0.3, 0.4) is 0 Å². The Labute approximate surface area is 91.1 Å². The van der Waals surface area contributed by atoms with Crippen LogP contribution in [0.1, 0.15) is 40.5 Å². The van der Waals surface area contributed by atoms with Gasteiger partial charge in [-0.25, -0.2) is 0 Å². The van der Waals surface area contributed by atoms with E-state index >= 15 is 0 Å². The second kappa shape index (κ2) is 7.12. The minimum atomic E-state index is -0.496. The minimum Gasteiger partial charge on any atom is -0.465 e. The highest BCUT2D eigenvalue weighted by molar-refractivity contribution is 7.99. The monoisotopic (exact) mass is 219 g/mol. The summed E-state index contributed by atoms with van der Waals surface area (Å²) < 4.78 is 7.65. The number of rotatable bonds is 7. The number of ether oxygens (including phenoxy) is 1. The van der Waals surface area contributed by atoms with Crippen molar-refractivity contribution in [3.05, 3.63) is 0 Å². The molecular weight excluding hydrogens is 198 g/mol. The quantitative estimate of drug-likeness (QED) is 0.405. The van der Waals surface area contributed by atoms with Gasteiger partial charge in [-0.2, -0.15) is 0 Å². The number of carbonyl (C=O) groups is 1. The van der Waals surface area contributed by atoms with E-state index < -0.39 is 4.75 Å². The molecule has 0 saturated carbocycles. The Morgan fingerprint density at radius 1 is 1.43 bits per heavy atom. The van der Waals surface area contributed by atoms with Crippen LogP contribution in [0.4, 0.5) is 0 Å². The Morgan fingerprint density at radius 3 is 2.57 bits per heavy atom. The molecule has 3 nitrogen and oxygen atoms in total. The Hall–Kier alpha value is -0.220. The molecule has 0 aromatic heterocycles. The maximum absolute atomic E-state index is 11.4. The van der Waals surface area contributed by atoms with Crippen LogP contribution in [0.15, 0.2) is 0 Å². The van der Waals surface area contributed by atoms with Gasteiger partial charge >= 0.3 is 5.97 Å². The van der Waals surface area contributed by atoms with Crippen molar-refractivity contribution in [1.82, 2.24) is 4.72 Å². The molecule has 0 unspecified atom stereocenters. The highest BCUT2D eigenvalue weighted by atomic mass is 32.2. The normalized spacial score (nSPS) is 11.4. The zero-order valence-corrected chi connectivity index (χ0v) is 10.4. The standard InChI is InChI=1S/C10H21NO2S/c1-5-7-8-11-14-10(3,4)9(12)13-6-2/h11H,5-8H2,1-4H3. The highest BCUT2D eigenvalue weighted by Gasteiger charge is 2.29. The first-order valence-corrected chi connectivity index (χ1v) is 5.94. The lowest BCUT2D eigenvalue weighted by Gasteiger charge is -2.21. The van der Waals surface area contributed by atoms with E-state index in [1.54, 1.807) is 0 Å². The van der Waals surface area contributed by atoms with E-state index in [2.05, 4.69) is 11.6 Å².